The molecular weight excluding hydrogens is 281 g/mol. The molecule has 0 aliphatic carbocycles. The Morgan fingerprint density at radius 2 is 2.06 bits per heavy atom. The molecular formula is C9H20NO2PS3. The fourth-order valence-corrected chi connectivity index (χ4v) is 7.20. The van der Waals surface area contributed by atoms with Crippen molar-refractivity contribution in [3.8, 4) is 0 Å². The molecule has 0 aromatic rings. The summed E-state index contributed by atoms with van der Waals surface area (Å²) in [6.45, 7) is 5.83. The van der Waals surface area contributed by atoms with Gasteiger partial charge in [0.15, 0.2) is 0 Å². The minimum absolute atomic E-state index is 0.167. The van der Waals surface area contributed by atoms with Gasteiger partial charge in [-0.3, -0.25) is 9.24 Å². The molecule has 0 amide bonds. The highest BCUT2D eigenvalue weighted by atomic mass is 32.7. The Labute approximate surface area is 112 Å². The summed E-state index contributed by atoms with van der Waals surface area (Å²) in [7, 11) is 1.69. The smallest absolute Gasteiger partial charge is 0.306 e. The number of nitrogens with zero attached hydrogens (tertiary/aromatic N) is 1. The molecule has 0 rings (SSSR count). The first-order valence-electron chi connectivity index (χ1n) is 4.97. The van der Waals surface area contributed by atoms with Crippen LogP contribution in [0.2, 0.25) is 0 Å². The Hall–Kier alpha value is 0.780. The van der Waals surface area contributed by atoms with Gasteiger partial charge in [-0.1, -0.05) is 33.0 Å². The minimum atomic E-state index is -2.83. The van der Waals surface area contributed by atoms with E-state index in [1.807, 2.05) is 6.92 Å². The van der Waals surface area contributed by atoms with Crippen molar-refractivity contribution in [1.82, 2.24) is 4.67 Å². The zero-order valence-corrected chi connectivity index (χ0v) is 13.8. The predicted octanol–water partition coefficient (Wildman–Crippen LogP) is 4.24. The van der Waals surface area contributed by atoms with Gasteiger partial charge in [-0.25, -0.2) is 0 Å². The van der Waals surface area contributed by atoms with Crippen LogP contribution in [-0.4, -0.2) is 33.6 Å². The highest BCUT2D eigenvalue weighted by molar-refractivity contribution is 8.58. The van der Waals surface area contributed by atoms with Crippen LogP contribution in [-0.2, 0) is 9.09 Å². The second kappa shape index (κ2) is 7.27. The molecule has 7 heteroatoms. The van der Waals surface area contributed by atoms with Crippen LogP contribution in [0.5, 0.6) is 0 Å². The number of thiocarbonyl (C=S) groups is 1. The molecule has 0 aromatic carbocycles. The van der Waals surface area contributed by atoms with Crippen LogP contribution in [0.4, 0.5) is 0 Å². The first-order valence-corrected chi connectivity index (χ1v) is 9.59. The van der Waals surface area contributed by atoms with Gasteiger partial charge >= 0.3 is 6.72 Å². The summed E-state index contributed by atoms with van der Waals surface area (Å²) in [4.78, 5) is 0. The lowest BCUT2D eigenvalue weighted by Crippen LogP contribution is -2.12. The Kier molecular flexibility index (Phi) is 7.62. The molecule has 0 spiro atoms. The van der Waals surface area contributed by atoms with Gasteiger partial charge in [-0.15, -0.1) is 11.8 Å². The molecule has 0 radical (unpaired) electrons. The molecule has 0 aliphatic heterocycles. The molecule has 0 bridgehead atoms. The summed E-state index contributed by atoms with van der Waals surface area (Å²) in [5.41, 5.74) is 1.38. The quantitative estimate of drug-likeness (QED) is 0.397. The SMILES string of the molecule is CCOP(=O)(SCSC(C)(C)C)N(C)C=S. The molecule has 0 saturated carbocycles. The summed E-state index contributed by atoms with van der Waals surface area (Å²) in [6, 6.07) is 0. The largest absolute Gasteiger partial charge is 0.354 e. The molecule has 0 aliphatic rings. The summed E-state index contributed by atoms with van der Waals surface area (Å²) in [5, 5.41) is 0.730. The summed E-state index contributed by atoms with van der Waals surface area (Å²) >= 11 is 7.87. The van der Waals surface area contributed by atoms with Crippen molar-refractivity contribution in [2.45, 2.75) is 32.4 Å². The summed E-state index contributed by atoms with van der Waals surface area (Å²) in [5.74, 6) is 0. The van der Waals surface area contributed by atoms with E-state index in [4.69, 9.17) is 16.7 Å². The van der Waals surface area contributed by atoms with Crippen LogP contribution in [0, 0.1) is 0 Å². The van der Waals surface area contributed by atoms with Gasteiger partial charge in [0.1, 0.15) is 0 Å². The third kappa shape index (κ3) is 6.50. The van der Waals surface area contributed by atoms with Crippen molar-refractivity contribution >= 4 is 47.6 Å². The monoisotopic (exact) mass is 301 g/mol. The molecule has 0 saturated heterocycles. The topological polar surface area (TPSA) is 29.5 Å². The molecule has 1 atom stereocenters. The average molecular weight is 301 g/mol. The van der Waals surface area contributed by atoms with Gasteiger partial charge in [-0.2, -0.15) is 0 Å². The summed E-state index contributed by atoms with van der Waals surface area (Å²) < 4.78 is 19.4. The maximum atomic E-state index is 12.4. The van der Waals surface area contributed by atoms with Crippen molar-refractivity contribution in [2.24, 2.45) is 0 Å². The fourth-order valence-electron chi connectivity index (χ4n) is 0.710. The van der Waals surface area contributed by atoms with Crippen LogP contribution in [0.15, 0.2) is 0 Å². The van der Waals surface area contributed by atoms with Gasteiger partial charge < -0.3 is 4.52 Å². The highest BCUT2D eigenvalue weighted by Gasteiger charge is 2.28. The number of thioether (sulfide) groups is 1. The molecule has 0 N–H and O–H groups in total. The predicted molar refractivity (Wildman–Crippen MR) is 80.5 cm³/mol. The van der Waals surface area contributed by atoms with E-state index in [1.54, 1.807) is 18.8 Å². The van der Waals surface area contributed by atoms with Gasteiger partial charge in [0.05, 0.1) is 17.2 Å². The second-order valence-electron chi connectivity index (χ2n) is 4.07. The zero-order chi connectivity index (χ0) is 12.8. The number of hydrogen-bond acceptors (Lipinski definition) is 5. The molecule has 0 fully saturated rings. The Morgan fingerprint density at radius 1 is 1.50 bits per heavy atom. The lowest BCUT2D eigenvalue weighted by atomic mass is 10.3. The number of hydrogen-bond donors (Lipinski definition) is 0. The Bertz CT molecular complexity index is 268. The van der Waals surface area contributed by atoms with E-state index in [0.717, 1.165) is 5.08 Å². The van der Waals surface area contributed by atoms with Crippen molar-refractivity contribution in [3.63, 3.8) is 0 Å². The minimum Gasteiger partial charge on any atom is -0.306 e. The van der Waals surface area contributed by atoms with E-state index >= 15 is 0 Å². The van der Waals surface area contributed by atoms with E-state index < -0.39 is 6.72 Å². The maximum absolute atomic E-state index is 12.4. The average Bonchev–Trinajstić information content (AvgIpc) is 2.14. The van der Waals surface area contributed by atoms with Crippen LogP contribution in [0.3, 0.4) is 0 Å². The highest BCUT2D eigenvalue weighted by Crippen LogP contribution is 2.62. The fraction of sp³-hybridized carbons (Fsp3) is 0.889. The van der Waals surface area contributed by atoms with Crippen LogP contribution in [0.25, 0.3) is 0 Å². The van der Waals surface area contributed by atoms with Crippen molar-refractivity contribution in [3.05, 3.63) is 0 Å². The van der Waals surface area contributed by atoms with E-state index in [2.05, 4.69) is 20.8 Å². The van der Waals surface area contributed by atoms with Gasteiger partial charge in [0, 0.05) is 11.8 Å². The van der Waals surface area contributed by atoms with Crippen LogP contribution < -0.4 is 0 Å². The van der Waals surface area contributed by atoms with Crippen molar-refractivity contribution < 1.29 is 9.09 Å². The first-order chi connectivity index (χ1) is 7.25. The van der Waals surface area contributed by atoms with Crippen LogP contribution in [0.1, 0.15) is 27.7 Å². The Morgan fingerprint density at radius 3 is 2.44 bits per heavy atom. The third-order valence-electron chi connectivity index (χ3n) is 1.54. The molecule has 3 nitrogen and oxygen atoms in total. The number of rotatable bonds is 7. The molecule has 16 heavy (non-hydrogen) atoms. The van der Waals surface area contributed by atoms with Crippen LogP contribution >= 0.6 is 42.1 Å². The van der Waals surface area contributed by atoms with Gasteiger partial charge in [0.2, 0.25) is 0 Å². The maximum Gasteiger partial charge on any atom is 0.354 e. The standard InChI is InChI=1S/C9H20NO2PS3/c1-6-12-13(11,10(5)7-14)16-8-15-9(2,3)4/h7H,6,8H2,1-5H3. The van der Waals surface area contributed by atoms with E-state index in [1.165, 1.54) is 21.5 Å². The zero-order valence-electron chi connectivity index (χ0n) is 10.4. The van der Waals surface area contributed by atoms with E-state index in [0.29, 0.717) is 6.61 Å². The Balaban J connectivity index is 4.35. The second-order valence-corrected chi connectivity index (χ2v) is 11.0. The van der Waals surface area contributed by atoms with Crippen molar-refractivity contribution in [1.29, 1.82) is 0 Å². The lowest BCUT2D eigenvalue weighted by molar-refractivity contribution is 0.325. The molecule has 96 valence electrons. The first kappa shape index (κ1) is 16.8. The van der Waals surface area contributed by atoms with E-state index in [9.17, 15) is 4.57 Å². The van der Waals surface area contributed by atoms with E-state index in [-0.39, 0.29) is 4.75 Å². The normalized spacial score (nSPS) is 15.6. The lowest BCUT2D eigenvalue weighted by Gasteiger charge is -2.25. The third-order valence-corrected chi connectivity index (χ3v) is 8.59. The van der Waals surface area contributed by atoms with Gasteiger partial charge in [0.25, 0.3) is 0 Å². The van der Waals surface area contributed by atoms with Gasteiger partial charge in [-0.05, 0) is 18.3 Å². The molecule has 1 unspecified atom stereocenters. The summed E-state index contributed by atoms with van der Waals surface area (Å²) in [6.07, 6.45) is 0. The molecule has 0 heterocycles. The van der Waals surface area contributed by atoms with Crippen molar-refractivity contribution in [2.75, 3.05) is 18.7 Å². The molecule has 0 aromatic heterocycles.